The first-order valence-corrected chi connectivity index (χ1v) is 8.59. The fourth-order valence-corrected chi connectivity index (χ4v) is 3.42. The number of ketones is 1. The lowest BCUT2D eigenvalue weighted by atomic mass is 10.0. The lowest BCUT2D eigenvalue weighted by molar-refractivity contribution is -0.686. The van der Waals surface area contributed by atoms with Gasteiger partial charge in [-0.1, -0.05) is 42.5 Å². The zero-order valence-corrected chi connectivity index (χ0v) is 13.7. The van der Waals surface area contributed by atoms with Crippen LogP contribution in [0, 0.1) is 0 Å². The molecule has 0 aliphatic carbocycles. The molecule has 0 N–H and O–H groups in total. The van der Waals surface area contributed by atoms with E-state index in [-0.39, 0.29) is 5.78 Å². The first-order chi connectivity index (χ1) is 11.8. The summed E-state index contributed by atoms with van der Waals surface area (Å²) < 4.78 is 1.82. The average Bonchev–Trinajstić information content (AvgIpc) is 3.17. The largest absolute Gasteiger partial charge is 0.289 e. The van der Waals surface area contributed by atoms with E-state index in [1.54, 1.807) is 6.33 Å². The van der Waals surface area contributed by atoms with Crippen LogP contribution in [0.2, 0.25) is 0 Å². The van der Waals surface area contributed by atoms with Crippen LogP contribution in [-0.4, -0.2) is 10.8 Å². The minimum absolute atomic E-state index is 0.106. The summed E-state index contributed by atoms with van der Waals surface area (Å²) in [5, 5.41) is 4.29. The maximum absolute atomic E-state index is 12.2. The van der Waals surface area contributed by atoms with Gasteiger partial charge in [0.05, 0.1) is 11.1 Å². The quantitative estimate of drug-likeness (QED) is 0.416. The van der Waals surface area contributed by atoms with E-state index in [0.717, 1.165) is 16.1 Å². The average molecular weight is 331 g/mol. The Morgan fingerprint density at radius 3 is 2.67 bits per heavy atom. The summed E-state index contributed by atoms with van der Waals surface area (Å²) in [6.07, 6.45) is 3.64. The van der Waals surface area contributed by atoms with E-state index in [2.05, 4.69) is 29.2 Å². The van der Waals surface area contributed by atoms with Crippen molar-refractivity contribution in [3.05, 3.63) is 83.4 Å². The molecule has 0 saturated heterocycles. The van der Waals surface area contributed by atoms with Crippen LogP contribution in [0.15, 0.2) is 78.6 Å². The van der Waals surface area contributed by atoms with Crippen LogP contribution in [-0.2, 0) is 6.54 Å². The second kappa shape index (κ2) is 6.34. The van der Waals surface area contributed by atoms with Crippen molar-refractivity contribution in [3.8, 4) is 11.3 Å². The van der Waals surface area contributed by atoms with Gasteiger partial charge in [-0.3, -0.25) is 4.79 Å². The van der Waals surface area contributed by atoms with Crippen LogP contribution in [0.4, 0.5) is 0 Å². The summed E-state index contributed by atoms with van der Waals surface area (Å²) in [4.78, 5) is 17.5. The Hall–Kier alpha value is -2.85. The van der Waals surface area contributed by atoms with Crippen molar-refractivity contribution in [3.63, 3.8) is 0 Å². The van der Waals surface area contributed by atoms with Crippen molar-refractivity contribution < 1.29 is 9.36 Å². The molecule has 0 fully saturated rings. The molecule has 4 aromatic rings. The molecule has 0 atom stereocenters. The Morgan fingerprint density at radius 2 is 1.88 bits per heavy atom. The maximum atomic E-state index is 12.2. The van der Waals surface area contributed by atoms with Crippen molar-refractivity contribution >= 4 is 27.9 Å². The normalized spacial score (nSPS) is 10.8. The Morgan fingerprint density at radius 1 is 1.00 bits per heavy atom. The molecule has 116 valence electrons. The van der Waals surface area contributed by atoms with Gasteiger partial charge in [0, 0.05) is 11.6 Å². The standard InChI is InChI=1S/C20H15N2OS/c23-19(20-9-4-12-24-20)13-22-11-10-18(21-14-22)17-8-3-6-15-5-1-2-7-16(15)17/h1-12,14H,13H2/q+1. The SMILES string of the molecule is O=C(C[n+]1ccc(-c2cccc3ccccc23)nc1)c1cccs1. The number of nitrogens with zero attached hydrogens (tertiary/aromatic N) is 2. The summed E-state index contributed by atoms with van der Waals surface area (Å²) in [6.45, 7) is 0.309. The summed E-state index contributed by atoms with van der Waals surface area (Å²) in [7, 11) is 0. The molecule has 0 spiro atoms. The first-order valence-electron chi connectivity index (χ1n) is 7.71. The number of fused-ring (bicyclic) bond motifs is 1. The van der Waals surface area contributed by atoms with Crippen LogP contribution in [0.5, 0.6) is 0 Å². The molecule has 2 aromatic heterocycles. The number of hydrogen-bond acceptors (Lipinski definition) is 3. The van der Waals surface area contributed by atoms with Gasteiger partial charge in [0.1, 0.15) is 0 Å². The molecule has 0 amide bonds. The molecule has 0 aliphatic rings. The fraction of sp³-hybridized carbons (Fsp3) is 0.0500. The van der Waals surface area contributed by atoms with Gasteiger partial charge < -0.3 is 0 Å². The van der Waals surface area contributed by atoms with Crippen LogP contribution in [0.25, 0.3) is 22.0 Å². The molecule has 0 aliphatic heterocycles. The van der Waals surface area contributed by atoms with Gasteiger partial charge in [-0.05, 0) is 33.3 Å². The summed E-state index contributed by atoms with van der Waals surface area (Å²) in [6, 6.07) is 20.2. The number of rotatable bonds is 4. The molecular weight excluding hydrogens is 316 g/mol. The monoisotopic (exact) mass is 331 g/mol. The van der Waals surface area contributed by atoms with Crippen LogP contribution in [0.1, 0.15) is 9.67 Å². The van der Waals surface area contributed by atoms with E-state index in [0.29, 0.717) is 6.54 Å². The maximum Gasteiger partial charge on any atom is 0.287 e. The van der Waals surface area contributed by atoms with Crippen molar-refractivity contribution in [2.24, 2.45) is 0 Å². The first kappa shape index (κ1) is 14.7. The molecule has 2 aromatic carbocycles. The Kier molecular flexibility index (Phi) is 3.89. The smallest absolute Gasteiger partial charge is 0.287 e. The second-order valence-electron chi connectivity index (χ2n) is 5.55. The molecule has 0 radical (unpaired) electrons. The highest BCUT2D eigenvalue weighted by Crippen LogP contribution is 2.26. The van der Waals surface area contributed by atoms with Crippen LogP contribution < -0.4 is 4.57 Å². The van der Waals surface area contributed by atoms with Crippen molar-refractivity contribution in [1.82, 2.24) is 4.98 Å². The number of carbonyl (C=O) groups excluding carboxylic acids is 1. The predicted molar refractivity (Wildman–Crippen MR) is 96.0 cm³/mol. The summed E-state index contributed by atoms with van der Waals surface area (Å²) in [5.41, 5.74) is 2.01. The number of Topliss-reactive ketones (excluding diaryl/α,β-unsaturated/α-hetero) is 1. The van der Waals surface area contributed by atoms with Gasteiger partial charge in [0.25, 0.3) is 6.33 Å². The molecule has 0 bridgehead atoms. The second-order valence-corrected chi connectivity index (χ2v) is 6.49. The fourth-order valence-electron chi connectivity index (χ4n) is 2.77. The molecule has 4 rings (SSSR count). The van der Waals surface area contributed by atoms with Crippen molar-refractivity contribution in [2.45, 2.75) is 6.54 Å². The van der Waals surface area contributed by atoms with Gasteiger partial charge in [0.15, 0.2) is 12.2 Å². The lowest BCUT2D eigenvalue weighted by Crippen LogP contribution is -2.37. The van der Waals surface area contributed by atoms with Crippen molar-refractivity contribution in [2.75, 3.05) is 0 Å². The highest BCUT2D eigenvalue weighted by molar-refractivity contribution is 7.12. The third kappa shape index (κ3) is 2.84. The Bertz CT molecular complexity index is 987. The number of aromatic nitrogens is 2. The van der Waals surface area contributed by atoms with Gasteiger partial charge in [-0.25, -0.2) is 4.57 Å². The van der Waals surface area contributed by atoms with Crippen LogP contribution in [0.3, 0.4) is 0 Å². The Balaban J connectivity index is 1.63. The molecular formula is C20H15N2OS+. The number of hydrogen-bond donors (Lipinski definition) is 0. The molecule has 4 heteroatoms. The molecule has 0 unspecified atom stereocenters. The molecule has 2 heterocycles. The predicted octanol–water partition coefficient (Wildman–Crippen LogP) is 4.13. The minimum Gasteiger partial charge on any atom is -0.289 e. The zero-order valence-electron chi connectivity index (χ0n) is 12.9. The van der Waals surface area contributed by atoms with Gasteiger partial charge in [-0.2, -0.15) is 0 Å². The van der Waals surface area contributed by atoms with E-state index in [4.69, 9.17) is 0 Å². The van der Waals surface area contributed by atoms with E-state index in [9.17, 15) is 4.79 Å². The molecule has 24 heavy (non-hydrogen) atoms. The van der Waals surface area contributed by atoms with Gasteiger partial charge in [0.2, 0.25) is 5.78 Å². The minimum atomic E-state index is 0.106. The summed E-state index contributed by atoms with van der Waals surface area (Å²) >= 11 is 1.47. The van der Waals surface area contributed by atoms with E-state index >= 15 is 0 Å². The topological polar surface area (TPSA) is 33.8 Å². The number of benzene rings is 2. The number of carbonyl (C=O) groups is 1. The number of thiophene rings is 1. The van der Waals surface area contributed by atoms with Crippen molar-refractivity contribution in [1.29, 1.82) is 0 Å². The van der Waals surface area contributed by atoms with E-state index in [1.165, 1.54) is 22.1 Å². The third-order valence-corrected chi connectivity index (χ3v) is 4.87. The third-order valence-electron chi connectivity index (χ3n) is 3.96. The highest BCUT2D eigenvalue weighted by Gasteiger charge is 2.13. The van der Waals surface area contributed by atoms with Gasteiger partial charge in [-0.15, -0.1) is 11.3 Å². The Labute approximate surface area is 143 Å². The van der Waals surface area contributed by atoms with Crippen LogP contribution >= 0.6 is 11.3 Å². The highest BCUT2D eigenvalue weighted by atomic mass is 32.1. The van der Waals surface area contributed by atoms with E-state index in [1.807, 2.05) is 52.5 Å². The van der Waals surface area contributed by atoms with E-state index < -0.39 is 0 Å². The van der Waals surface area contributed by atoms with Gasteiger partial charge >= 0.3 is 0 Å². The molecule has 3 nitrogen and oxygen atoms in total. The lowest BCUT2D eigenvalue weighted by Gasteiger charge is -2.03. The summed E-state index contributed by atoms with van der Waals surface area (Å²) in [5.74, 6) is 0.106. The molecule has 0 saturated carbocycles. The zero-order chi connectivity index (χ0) is 16.4.